The molecule has 0 atom stereocenters. The summed E-state index contributed by atoms with van der Waals surface area (Å²) in [6.07, 6.45) is 3.22. The first-order valence-corrected chi connectivity index (χ1v) is 7.29. The number of carbonyl (C=O) groups excluding carboxylic acids is 1. The molecule has 0 saturated carbocycles. The van der Waals surface area contributed by atoms with Crippen LogP contribution < -0.4 is 9.47 Å². The molecule has 0 bridgehead atoms. The van der Waals surface area contributed by atoms with Gasteiger partial charge in [0.1, 0.15) is 17.2 Å². The van der Waals surface area contributed by atoms with Gasteiger partial charge in [-0.25, -0.2) is 9.79 Å². The molecule has 6 nitrogen and oxygen atoms in total. The number of pyridine rings is 1. The molecule has 2 aromatic rings. The second-order valence-corrected chi connectivity index (χ2v) is 5.11. The summed E-state index contributed by atoms with van der Waals surface area (Å²) >= 11 is 0. The Balaban J connectivity index is 2.02. The van der Waals surface area contributed by atoms with Gasteiger partial charge in [0, 0.05) is 11.8 Å². The molecular weight excluding hydrogens is 308 g/mol. The van der Waals surface area contributed by atoms with E-state index in [-0.39, 0.29) is 11.6 Å². The summed E-state index contributed by atoms with van der Waals surface area (Å²) in [7, 11) is 3.16. The zero-order valence-corrected chi connectivity index (χ0v) is 13.6. The number of benzene rings is 1. The zero-order valence-electron chi connectivity index (χ0n) is 13.6. The Morgan fingerprint density at radius 1 is 1.12 bits per heavy atom. The molecule has 0 saturated heterocycles. The lowest BCUT2D eigenvalue weighted by atomic mass is 10.1. The number of aryl methyl sites for hydroxylation is 1. The van der Waals surface area contributed by atoms with Crippen molar-refractivity contribution in [2.75, 3.05) is 14.2 Å². The number of cyclic esters (lactones) is 1. The summed E-state index contributed by atoms with van der Waals surface area (Å²) in [5.41, 5.74) is 2.30. The van der Waals surface area contributed by atoms with Crippen LogP contribution in [0.5, 0.6) is 11.5 Å². The number of aliphatic imine (C=N–C) groups is 1. The summed E-state index contributed by atoms with van der Waals surface area (Å²) in [5.74, 6) is 0.972. The van der Waals surface area contributed by atoms with Gasteiger partial charge in [-0.2, -0.15) is 0 Å². The smallest absolute Gasteiger partial charge is 0.363 e. The van der Waals surface area contributed by atoms with E-state index >= 15 is 0 Å². The molecule has 24 heavy (non-hydrogen) atoms. The molecule has 0 aliphatic carbocycles. The standard InChI is InChI=1S/C18H16N2O4/c1-11-8-16(23-3)12(10-15(11)22-2)9-14-18(21)24-17(20-14)13-6-4-5-7-19-13/h4-10H,1-3H3/b14-9+. The van der Waals surface area contributed by atoms with E-state index < -0.39 is 5.97 Å². The third-order valence-electron chi connectivity index (χ3n) is 3.54. The van der Waals surface area contributed by atoms with Crippen LogP contribution in [-0.2, 0) is 9.53 Å². The lowest BCUT2D eigenvalue weighted by molar-refractivity contribution is -0.129. The molecule has 122 valence electrons. The van der Waals surface area contributed by atoms with Gasteiger partial charge in [-0.15, -0.1) is 0 Å². The van der Waals surface area contributed by atoms with Crippen LogP contribution in [-0.4, -0.2) is 31.1 Å². The Morgan fingerprint density at radius 2 is 1.92 bits per heavy atom. The molecule has 3 rings (SSSR count). The second-order valence-electron chi connectivity index (χ2n) is 5.11. The number of methoxy groups -OCH3 is 2. The van der Waals surface area contributed by atoms with Crippen molar-refractivity contribution in [1.29, 1.82) is 0 Å². The fraction of sp³-hybridized carbons (Fsp3) is 0.167. The van der Waals surface area contributed by atoms with Crippen LogP contribution in [0.2, 0.25) is 0 Å². The van der Waals surface area contributed by atoms with Crippen LogP contribution in [0, 0.1) is 6.92 Å². The third-order valence-corrected chi connectivity index (χ3v) is 3.54. The summed E-state index contributed by atoms with van der Waals surface area (Å²) in [6.45, 7) is 1.92. The lowest BCUT2D eigenvalue weighted by Crippen LogP contribution is -2.06. The molecule has 0 N–H and O–H groups in total. The molecule has 1 aliphatic rings. The van der Waals surface area contributed by atoms with Gasteiger partial charge in [0.15, 0.2) is 5.70 Å². The molecule has 6 heteroatoms. The number of hydrogen-bond donors (Lipinski definition) is 0. The highest BCUT2D eigenvalue weighted by Gasteiger charge is 2.25. The Morgan fingerprint density at radius 3 is 2.58 bits per heavy atom. The molecule has 0 radical (unpaired) electrons. The summed E-state index contributed by atoms with van der Waals surface area (Å²) < 4.78 is 15.9. The number of ether oxygens (including phenoxy) is 3. The first-order chi connectivity index (χ1) is 11.6. The van der Waals surface area contributed by atoms with Crippen LogP contribution >= 0.6 is 0 Å². The van der Waals surface area contributed by atoms with Crippen molar-refractivity contribution in [3.63, 3.8) is 0 Å². The monoisotopic (exact) mass is 324 g/mol. The number of carbonyl (C=O) groups is 1. The van der Waals surface area contributed by atoms with E-state index in [2.05, 4.69) is 9.98 Å². The Hall–Kier alpha value is -3.15. The molecule has 0 unspecified atom stereocenters. The van der Waals surface area contributed by atoms with Gasteiger partial charge >= 0.3 is 5.97 Å². The third kappa shape index (κ3) is 2.99. The lowest BCUT2D eigenvalue weighted by Gasteiger charge is -2.10. The maximum atomic E-state index is 12.1. The molecular formula is C18H16N2O4. The van der Waals surface area contributed by atoms with Gasteiger partial charge in [-0.3, -0.25) is 4.98 Å². The summed E-state index contributed by atoms with van der Waals surface area (Å²) in [6, 6.07) is 8.94. The molecule has 0 amide bonds. The van der Waals surface area contributed by atoms with Crippen molar-refractivity contribution in [3.8, 4) is 11.5 Å². The highest BCUT2D eigenvalue weighted by Crippen LogP contribution is 2.31. The predicted octanol–water partition coefficient (Wildman–Crippen LogP) is 2.75. The Bertz CT molecular complexity index is 842. The Kier molecular flexibility index (Phi) is 4.29. The van der Waals surface area contributed by atoms with Crippen molar-refractivity contribution in [2.24, 2.45) is 4.99 Å². The zero-order chi connectivity index (χ0) is 17.1. The van der Waals surface area contributed by atoms with Crippen molar-refractivity contribution < 1.29 is 19.0 Å². The van der Waals surface area contributed by atoms with Crippen LogP contribution in [0.3, 0.4) is 0 Å². The average molecular weight is 324 g/mol. The van der Waals surface area contributed by atoms with Crippen molar-refractivity contribution >= 4 is 17.9 Å². The van der Waals surface area contributed by atoms with E-state index in [0.29, 0.717) is 22.8 Å². The number of hydrogen-bond acceptors (Lipinski definition) is 6. The maximum Gasteiger partial charge on any atom is 0.363 e. The highest BCUT2D eigenvalue weighted by atomic mass is 16.6. The van der Waals surface area contributed by atoms with E-state index in [4.69, 9.17) is 14.2 Å². The maximum absolute atomic E-state index is 12.1. The minimum absolute atomic E-state index is 0.180. The minimum Gasteiger partial charge on any atom is -0.496 e. The van der Waals surface area contributed by atoms with Crippen LogP contribution in [0.15, 0.2) is 47.2 Å². The topological polar surface area (TPSA) is 70.0 Å². The Labute approximate surface area is 139 Å². The van der Waals surface area contributed by atoms with Crippen molar-refractivity contribution in [3.05, 3.63) is 59.0 Å². The van der Waals surface area contributed by atoms with Gasteiger partial charge < -0.3 is 14.2 Å². The molecule has 1 aliphatic heterocycles. The first-order valence-electron chi connectivity index (χ1n) is 7.29. The van der Waals surface area contributed by atoms with E-state index in [9.17, 15) is 4.79 Å². The molecule has 0 spiro atoms. The first kappa shape index (κ1) is 15.7. The molecule has 0 fully saturated rings. The fourth-order valence-electron chi connectivity index (χ4n) is 2.34. The van der Waals surface area contributed by atoms with E-state index in [0.717, 1.165) is 5.56 Å². The quantitative estimate of drug-likeness (QED) is 0.639. The second kappa shape index (κ2) is 6.54. The van der Waals surface area contributed by atoms with E-state index in [1.165, 1.54) is 0 Å². The normalized spacial score (nSPS) is 15.2. The van der Waals surface area contributed by atoms with Gasteiger partial charge in [-0.05, 0) is 42.8 Å². The number of nitrogens with zero attached hydrogens (tertiary/aromatic N) is 2. The molecule has 2 heterocycles. The van der Waals surface area contributed by atoms with Crippen LogP contribution in [0.1, 0.15) is 16.8 Å². The fourth-order valence-corrected chi connectivity index (χ4v) is 2.34. The van der Waals surface area contributed by atoms with Gasteiger partial charge in [-0.1, -0.05) is 6.07 Å². The number of esters is 1. The van der Waals surface area contributed by atoms with Gasteiger partial charge in [0.25, 0.3) is 0 Å². The van der Waals surface area contributed by atoms with Crippen molar-refractivity contribution in [2.45, 2.75) is 6.92 Å². The van der Waals surface area contributed by atoms with Gasteiger partial charge in [0.2, 0.25) is 5.90 Å². The largest absolute Gasteiger partial charge is 0.496 e. The van der Waals surface area contributed by atoms with Crippen LogP contribution in [0.4, 0.5) is 0 Å². The highest BCUT2D eigenvalue weighted by molar-refractivity contribution is 6.12. The van der Waals surface area contributed by atoms with Crippen molar-refractivity contribution in [1.82, 2.24) is 4.98 Å². The predicted molar refractivity (Wildman–Crippen MR) is 89.1 cm³/mol. The number of rotatable bonds is 4. The van der Waals surface area contributed by atoms with Gasteiger partial charge in [0.05, 0.1) is 14.2 Å². The summed E-state index contributed by atoms with van der Waals surface area (Å²) in [4.78, 5) is 20.4. The number of aromatic nitrogens is 1. The molecule has 1 aromatic heterocycles. The van der Waals surface area contributed by atoms with Crippen LogP contribution in [0.25, 0.3) is 6.08 Å². The minimum atomic E-state index is -0.530. The van der Waals surface area contributed by atoms with E-state index in [1.54, 1.807) is 50.8 Å². The molecule has 1 aromatic carbocycles. The summed E-state index contributed by atoms with van der Waals surface area (Å²) in [5, 5.41) is 0. The van der Waals surface area contributed by atoms with E-state index in [1.807, 2.05) is 13.0 Å². The SMILES string of the molecule is COc1cc(/C=C2/N=C(c3ccccn3)OC2=O)c(OC)cc1C. The average Bonchev–Trinajstić information content (AvgIpc) is 2.97.